The molecule has 31 heavy (non-hydrogen) atoms. The molecule has 1 fully saturated rings. The van der Waals surface area contributed by atoms with Crippen molar-refractivity contribution in [1.82, 2.24) is 0 Å². The molecule has 1 aliphatic rings. The number of benzene rings is 3. The first-order valence-corrected chi connectivity index (χ1v) is 11.6. The Labute approximate surface area is 191 Å². The third-order valence-corrected chi connectivity index (χ3v) is 7.19. The maximum Gasteiger partial charge on any atom is 0.250 e. The van der Waals surface area contributed by atoms with Crippen molar-refractivity contribution in [3.63, 3.8) is 0 Å². The summed E-state index contributed by atoms with van der Waals surface area (Å²) in [5.41, 5.74) is 8.92. The molecule has 0 unspecified atom stereocenters. The van der Waals surface area contributed by atoms with Gasteiger partial charge in [-0.05, 0) is 67.1 Å². The minimum Gasteiger partial charge on any atom is -0.393 e. The Morgan fingerprint density at radius 3 is 2.35 bits per heavy atom. The SMILES string of the molecule is NC(=O)c1ccc(-c2ccccc2Sc2ccccc2Cl)cc1NC1CCC(O)CC1. The molecule has 0 radical (unpaired) electrons. The van der Waals surface area contributed by atoms with Crippen LogP contribution in [0, 0.1) is 0 Å². The molecule has 3 aromatic carbocycles. The van der Waals surface area contributed by atoms with E-state index in [1.807, 2.05) is 48.5 Å². The highest BCUT2D eigenvalue weighted by atomic mass is 35.5. The van der Waals surface area contributed by atoms with E-state index >= 15 is 0 Å². The van der Waals surface area contributed by atoms with Crippen molar-refractivity contribution in [2.45, 2.75) is 47.6 Å². The zero-order valence-electron chi connectivity index (χ0n) is 17.1. The van der Waals surface area contributed by atoms with E-state index < -0.39 is 5.91 Å². The predicted molar refractivity (Wildman–Crippen MR) is 128 cm³/mol. The summed E-state index contributed by atoms with van der Waals surface area (Å²) in [5, 5.41) is 14.0. The lowest BCUT2D eigenvalue weighted by Crippen LogP contribution is -2.29. The van der Waals surface area contributed by atoms with Gasteiger partial charge < -0.3 is 16.2 Å². The highest BCUT2D eigenvalue weighted by molar-refractivity contribution is 7.99. The van der Waals surface area contributed by atoms with Crippen molar-refractivity contribution < 1.29 is 9.90 Å². The van der Waals surface area contributed by atoms with E-state index in [1.165, 1.54) is 0 Å². The van der Waals surface area contributed by atoms with Gasteiger partial charge in [0.2, 0.25) is 0 Å². The lowest BCUT2D eigenvalue weighted by atomic mass is 9.92. The molecule has 4 N–H and O–H groups in total. The summed E-state index contributed by atoms with van der Waals surface area (Å²) in [4.78, 5) is 14.1. The van der Waals surface area contributed by atoms with Crippen molar-refractivity contribution in [2.24, 2.45) is 5.73 Å². The van der Waals surface area contributed by atoms with Crippen LogP contribution in [0.3, 0.4) is 0 Å². The summed E-state index contributed by atoms with van der Waals surface area (Å²) in [6.07, 6.45) is 3.03. The first kappa shape index (κ1) is 21.8. The third-order valence-electron chi connectivity index (χ3n) is 5.60. The summed E-state index contributed by atoms with van der Waals surface area (Å²) < 4.78 is 0. The van der Waals surface area contributed by atoms with Gasteiger partial charge in [0.25, 0.3) is 5.91 Å². The average molecular weight is 453 g/mol. The number of nitrogens with one attached hydrogen (secondary N) is 1. The molecular formula is C25H25ClN2O2S. The van der Waals surface area contributed by atoms with Gasteiger partial charge in [0, 0.05) is 21.5 Å². The van der Waals surface area contributed by atoms with Crippen LogP contribution < -0.4 is 11.1 Å². The molecular weight excluding hydrogens is 428 g/mol. The number of carbonyl (C=O) groups is 1. The number of anilines is 1. The van der Waals surface area contributed by atoms with Gasteiger partial charge in [0.15, 0.2) is 0 Å². The number of halogens is 1. The second-order valence-corrected chi connectivity index (χ2v) is 9.29. The van der Waals surface area contributed by atoms with Crippen molar-refractivity contribution >= 4 is 35.0 Å². The number of hydrogen-bond donors (Lipinski definition) is 3. The Kier molecular flexibility index (Phi) is 6.86. The van der Waals surface area contributed by atoms with Crippen molar-refractivity contribution in [1.29, 1.82) is 0 Å². The van der Waals surface area contributed by atoms with E-state index in [9.17, 15) is 9.90 Å². The van der Waals surface area contributed by atoms with Gasteiger partial charge in [0.1, 0.15) is 0 Å². The Balaban J connectivity index is 1.67. The molecule has 6 heteroatoms. The molecule has 0 spiro atoms. The molecule has 0 heterocycles. The minimum absolute atomic E-state index is 0.212. The summed E-state index contributed by atoms with van der Waals surface area (Å²) in [6, 6.07) is 21.9. The number of amides is 1. The van der Waals surface area contributed by atoms with Crippen LogP contribution in [0.5, 0.6) is 0 Å². The van der Waals surface area contributed by atoms with E-state index in [2.05, 4.69) is 17.4 Å². The lowest BCUT2D eigenvalue weighted by Gasteiger charge is -2.28. The first-order valence-electron chi connectivity index (χ1n) is 10.4. The van der Waals surface area contributed by atoms with Crippen LogP contribution >= 0.6 is 23.4 Å². The summed E-state index contributed by atoms with van der Waals surface area (Å²) >= 11 is 7.99. The maximum atomic E-state index is 12.0. The van der Waals surface area contributed by atoms with Crippen LogP contribution in [-0.2, 0) is 0 Å². The number of aliphatic hydroxyl groups excluding tert-OH is 1. The quantitative estimate of drug-likeness (QED) is 0.430. The number of rotatable bonds is 6. The average Bonchev–Trinajstić information content (AvgIpc) is 2.77. The monoisotopic (exact) mass is 452 g/mol. The highest BCUT2D eigenvalue weighted by Crippen LogP contribution is 2.39. The largest absolute Gasteiger partial charge is 0.393 e. The van der Waals surface area contributed by atoms with E-state index in [4.69, 9.17) is 17.3 Å². The number of carbonyl (C=O) groups excluding carboxylic acids is 1. The fourth-order valence-electron chi connectivity index (χ4n) is 3.93. The molecule has 1 saturated carbocycles. The Morgan fingerprint density at radius 1 is 0.968 bits per heavy atom. The zero-order valence-corrected chi connectivity index (χ0v) is 18.6. The van der Waals surface area contributed by atoms with E-state index in [1.54, 1.807) is 17.8 Å². The third kappa shape index (κ3) is 5.24. The normalized spacial score (nSPS) is 18.5. The van der Waals surface area contributed by atoms with Crippen molar-refractivity contribution in [3.05, 3.63) is 77.3 Å². The summed E-state index contributed by atoms with van der Waals surface area (Å²) in [6.45, 7) is 0. The molecule has 0 aromatic heterocycles. The standard InChI is InChI=1S/C25H25ClN2O2S/c26-21-6-2-4-8-24(21)31-23-7-3-1-5-19(23)16-9-14-20(25(27)30)22(15-16)28-17-10-12-18(29)13-11-17/h1-9,14-15,17-18,28-29H,10-13H2,(H2,27,30). The number of primary amides is 1. The molecule has 3 aromatic rings. The van der Waals surface area contributed by atoms with E-state index in [0.29, 0.717) is 10.6 Å². The molecule has 0 saturated heterocycles. The minimum atomic E-state index is -0.455. The van der Waals surface area contributed by atoms with Gasteiger partial charge >= 0.3 is 0 Å². The van der Waals surface area contributed by atoms with Gasteiger partial charge in [-0.25, -0.2) is 0 Å². The van der Waals surface area contributed by atoms with Gasteiger partial charge in [-0.2, -0.15) is 0 Å². The molecule has 0 bridgehead atoms. The van der Waals surface area contributed by atoms with Crippen LogP contribution in [0.25, 0.3) is 11.1 Å². The van der Waals surface area contributed by atoms with E-state index in [-0.39, 0.29) is 12.1 Å². The fourth-order valence-corrected chi connectivity index (χ4v) is 5.17. The van der Waals surface area contributed by atoms with Crippen LogP contribution in [0.2, 0.25) is 5.02 Å². The molecule has 0 aliphatic heterocycles. The Hall–Kier alpha value is -2.47. The predicted octanol–water partition coefficient (Wildman–Crippen LogP) is 5.97. The van der Waals surface area contributed by atoms with Crippen LogP contribution in [0.4, 0.5) is 5.69 Å². The second kappa shape index (κ2) is 9.77. The molecule has 4 rings (SSSR count). The van der Waals surface area contributed by atoms with Gasteiger partial charge in [-0.3, -0.25) is 4.79 Å². The number of hydrogen-bond acceptors (Lipinski definition) is 4. The highest BCUT2D eigenvalue weighted by Gasteiger charge is 2.21. The Morgan fingerprint density at radius 2 is 1.65 bits per heavy atom. The fraction of sp³-hybridized carbons (Fsp3) is 0.240. The number of aliphatic hydroxyl groups is 1. The van der Waals surface area contributed by atoms with Crippen molar-refractivity contribution in [2.75, 3.05) is 5.32 Å². The van der Waals surface area contributed by atoms with Gasteiger partial charge in [-0.15, -0.1) is 0 Å². The second-order valence-electron chi connectivity index (χ2n) is 7.80. The van der Waals surface area contributed by atoms with Crippen LogP contribution in [0.1, 0.15) is 36.0 Å². The first-order chi connectivity index (χ1) is 15.0. The zero-order chi connectivity index (χ0) is 21.8. The van der Waals surface area contributed by atoms with E-state index in [0.717, 1.165) is 52.3 Å². The lowest BCUT2D eigenvalue weighted by molar-refractivity contribution is 0.100. The molecule has 1 aliphatic carbocycles. The van der Waals surface area contributed by atoms with Crippen molar-refractivity contribution in [3.8, 4) is 11.1 Å². The molecule has 4 nitrogen and oxygen atoms in total. The van der Waals surface area contributed by atoms with Crippen LogP contribution in [-0.4, -0.2) is 23.2 Å². The van der Waals surface area contributed by atoms with Gasteiger partial charge in [-0.1, -0.05) is 59.8 Å². The number of nitrogens with two attached hydrogens (primary N) is 1. The Bertz CT molecular complexity index is 1080. The maximum absolute atomic E-state index is 12.0. The topological polar surface area (TPSA) is 75.4 Å². The van der Waals surface area contributed by atoms with Crippen LogP contribution in [0.15, 0.2) is 76.5 Å². The molecule has 160 valence electrons. The summed E-state index contributed by atoms with van der Waals surface area (Å²) in [5.74, 6) is -0.455. The molecule has 1 amide bonds. The molecule has 0 atom stereocenters. The van der Waals surface area contributed by atoms with Gasteiger partial charge in [0.05, 0.1) is 16.7 Å². The summed E-state index contributed by atoms with van der Waals surface area (Å²) in [7, 11) is 0. The smallest absolute Gasteiger partial charge is 0.250 e.